The van der Waals surface area contributed by atoms with Gasteiger partial charge in [-0.25, -0.2) is 4.79 Å². The number of hydrogen-bond donors (Lipinski definition) is 3. The van der Waals surface area contributed by atoms with E-state index >= 15 is 4.79 Å². The van der Waals surface area contributed by atoms with Crippen molar-refractivity contribution in [2.75, 3.05) is 66.0 Å². The number of piperidine rings is 1. The molecule has 3 fully saturated rings. The third kappa shape index (κ3) is 4.76. The quantitative estimate of drug-likeness (QED) is 0.246. The van der Waals surface area contributed by atoms with Gasteiger partial charge in [0.25, 0.3) is 0 Å². The largest absolute Gasteiger partial charge is 0.496 e. The Kier molecular flexibility index (Phi) is 8.38. The van der Waals surface area contributed by atoms with Crippen LogP contribution in [0.5, 0.6) is 5.75 Å². The lowest BCUT2D eigenvalue weighted by molar-refractivity contribution is -0.181. The fourth-order valence-electron chi connectivity index (χ4n) is 13.2. The Balaban J connectivity index is 1.36. The molecule has 0 amide bonds. The van der Waals surface area contributed by atoms with Gasteiger partial charge < -0.3 is 34.3 Å². The standard InChI is InChI=1S/C44H56N4O7/c1-7-40-15-11-17-48-19-16-42(36(40)48)30-20-31(34(53-4)21-33(30)46(3)37(42)44(52,25-40)39(50)55-6)43(38(49)54-5)23-27-22-41(51,8-2)26-47(24-27)18-14-29-28-12-9-10-13-32(28)45-35(29)43/h9-13,15,20-21,27,36-37,45,51-52H,7-8,14,16-19,22-26H2,1-6H3/t27-,36+,37-,40+,41+,42-,43+,44-/m1/s1. The molecule has 5 aliphatic heterocycles. The first kappa shape index (κ1) is 36.7. The number of ether oxygens (including phenoxy) is 3. The van der Waals surface area contributed by atoms with E-state index < -0.39 is 39.5 Å². The number of methoxy groups -OCH3 is 3. The molecular formula is C44H56N4O7. The molecule has 2 saturated heterocycles. The molecule has 3 N–H and O–H groups in total. The van der Waals surface area contributed by atoms with Gasteiger partial charge in [0.2, 0.25) is 0 Å². The second kappa shape index (κ2) is 12.6. The number of benzene rings is 2. The molecule has 1 saturated carbocycles. The Morgan fingerprint density at radius 3 is 2.47 bits per heavy atom. The summed E-state index contributed by atoms with van der Waals surface area (Å²) in [6, 6.07) is 11.8. The predicted molar refractivity (Wildman–Crippen MR) is 209 cm³/mol. The Labute approximate surface area is 323 Å². The molecule has 3 aromatic rings. The minimum absolute atomic E-state index is 0.000384. The van der Waals surface area contributed by atoms with E-state index in [1.807, 2.05) is 32.2 Å². The molecule has 0 radical (unpaired) electrons. The Morgan fingerprint density at radius 1 is 0.964 bits per heavy atom. The SMILES string of the molecule is CC[C@]1(O)C[C@H]2CN(CCc3c([nH]c4ccccc34)[C@@](C(=O)OC)(c3cc4c(cc3OC)N(C)[C@@H]3[C@]45CCN4CC=C[C@@](CC)(C[C@]3(O)C(=O)OC)[C@H]45)C2)C1. The number of esters is 2. The summed E-state index contributed by atoms with van der Waals surface area (Å²) in [5.41, 5.74) is 0.205. The van der Waals surface area contributed by atoms with Gasteiger partial charge >= 0.3 is 11.9 Å². The predicted octanol–water partition coefficient (Wildman–Crippen LogP) is 4.45. The molecule has 1 spiro atoms. The van der Waals surface area contributed by atoms with Gasteiger partial charge in [-0.05, 0) is 80.7 Å². The molecule has 2 bridgehead atoms. The van der Waals surface area contributed by atoms with E-state index in [0.29, 0.717) is 43.5 Å². The number of nitrogens with one attached hydrogen (secondary N) is 1. The van der Waals surface area contributed by atoms with E-state index in [1.165, 1.54) is 14.2 Å². The highest BCUT2D eigenvalue weighted by Crippen LogP contribution is 2.67. The summed E-state index contributed by atoms with van der Waals surface area (Å²) in [6.45, 7) is 7.89. The average molecular weight is 753 g/mol. The second-order valence-corrected chi connectivity index (χ2v) is 17.6. The summed E-state index contributed by atoms with van der Waals surface area (Å²) in [5, 5.41) is 25.9. The number of carbonyl (C=O) groups excluding carboxylic acids is 2. The van der Waals surface area contributed by atoms with Gasteiger partial charge in [-0.2, -0.15) is 0 Å². The highest BCUT2D eigenvalue weighted by atomic mass is 16.5. The number of para-hydroxylation sites is 1. The van der Waals surface area contributed by atoms with Crippen molar-refractivity contribution in [3.63, 3.8) is 0 Å². The van der Waals surface area contributed by atoms with E-state index in [1.54, 1.807) is 7.11 Å². The van der Waals surface area contributed by atoms with Gasteiger partial charge in [0.05, 0.1) is 33.0 Å². The maximum Gasteiger partial charge on any atom is 0.340 e. The topological polar surface area (TPSA) is 128 Å². The van der Waals surface area contributed by atoms with Gasteiger partial charge in [-0.1, -0.05) is 44.2 Å². The molecule has 1 aliphatic carbocycles. The molecule has 9 rings (SSSR count). The molecule has 2 aromatic carbocycles. The van der Waals surface area contributed by atoms with E-state index in [-0.39, 0.29) is 24.3 Å². The maximum absolute atomic E-state index is 15.2. The lowest BCUT2D eigenvalue weighted by Gasteiger charge is -2.60. The third-order valence-electron chi connectivity index (χ3n) is 15.2. The minimum atomic E-state index is -1.81. The maximum atomic E-state index is 15.2. The van der Waals surface area contributed by atoms with Crippen molar-refractivity contribution in [2.24, 2.45) is 11.3 Å². The van der Waals surface area contributed by atoms with Crippen LogP contribution in [0, 0.1) is 11.3 Å². The van der Waals surface area contributed by atoms with E-state index in [9.17, 15) is 15.0 Å². The van der Waals surface area contributed by atoms with Crippen molar-refractivity contribution in [1.82, 2.24) is 14.8 Å². The molecule has 1 aromatic heterocycles. The number of hydrogen-bond acceptors (Lipinski definition) is 10. The smallest absolute Gasteiger partial charge is 0.340 e. The lowest BCUT2D eigenvalue weighted by Crippen LogP contribution is -2.74. The number of fused-ring (bicyclic) bond motifs is 6. The number of rotatable bonds is 6. The van der Waals surface area contributed by atoms with Crippen molar-refractivity contribution in [3.8, 4) is 5.75 Å². The van der Waals surface area contributed by atoms with Crippen molar-refractivity contribution in [2.45, 2.75) is 92.9 Å². The number of H-pyrrole nitrogens is 1. The monoisotopic (exact) mass is 752 g/mol. The van der Waals surface area contributed by atoms with Crippen molar-refractivity contribution >= 4 is 28.5 Å². The Bertz CT molecular complexity index is 2100. The van der Waals surface area contributed by atoms with E-state index in [4.69, 9.17) is 14.2 Å². The number of likely N-dealkylation sites (N-methyl/N-ethyl adjacent to an activating group) is 1. The molecule has 294 valence electrons. The van der Waals surface area contributed by atoms with Crippen molar-refractivity contribution in [3.05, 3.63) is 70.9 Å². The number of aliphatic hydroxyl groups is 2. The summed E-state index contributed by atoms with van der Waals surface area (Å²) in [4.78, 5) is 40.0. The van der Waals surface area contributed by atoms with Crippen LogP contribution in [0.4, 0.5) is 5.69 Å². The number of carbonyl (C=O) groups is 2. The lowest BCUT2D eigenvalue weighted by atomic mass is 9.49. The van der Waals surface area contributed by atoms with Crippen LogP contribution in [-0.2, 0) is 36.3 Å². The third-order valence-corrected chi connectivity index (χ3v) is 15.2. The van der Waals surface area contributed by atoms with Crippen molar-refractivity contribution in [1.29, 1.82) is 0 Å². The number of aromatic amines is 1. The van der Waals surface area contributed by atoms with E-state index in [2.05, 4.69) is 57.0 Å². The summed E-state index contributed by atoms with van der Waals surface area (Å²) >= 11 is 0. The molecule has 9 atom stereocenters. The van der Waals surface area contributed by atoms with Crippen LogP contribution in [0.15, 0.2) is 48.6 Å². The number of aromatic nitrogens is 1. The zero-order valence-electron chi connectivity index (χ0n) is 33.1. The van der Waals surface area contributed by atoms with Crippen LogP contribution in [-0.4, -0.2) is 121 Å². The molecule has 55 heavy (non-hydrogen) atoms. The van der Waals surface area contributed by atoms with E-state index in [0.717, 1.165) is 72.4 Å². The van der Waals surface area contributed by atoms with Crippen molar-refractivity contribution < 1.29 is 34.0 Å². The molecule has 6 heterocycles. The van der Waals surface area contributed by atoms with Crippen LogP contribution in [0.3, 0.4) is 0 Å². The first-order valence-electron chi connectivity index (χ1n) is 20.2. The molecule has 11 heteroatoms. The molecule has 1 unspecified atom stereocenters. The van der Waals surface area contributed by atoms with Gasteiger partial charge in [-0.15, -0.1) is 0 Å². The van der Waals surface area contributed by atoms with Gasteiger partial charge in [-0.3, -0.25) is 14.6 Å². The highest BCUT2D eigenvalue weighted by molar-refractivity contribution is 5.94. The summed E-state index contributed by atoms with van der Waals surface area (Å²) < 4.78 is 17.8. The number of anilines is 1. The van der Waals surface area contributed by atoms with Crippen LogP contribution >= 0.6 is 0 Å². The van der Waals surface area contributed by atoms with Gasteiger partial charge in [0, 0.05) is 84.0 Å². The normalized spacial score (nSPS) is 37.6. The van der Waals surface area contributed by atoms with Crippen LogP contribution in [0.1, 0.15) is 74.8 Å². The molecular weight excluding hydrogens is 697 g/mol. The summed E-state index contributed by atoms with van der Waals surface area (Å²) in [6.07, 6.45) is 8.41. The minimum Gasteiger partial charge on any atom is -0.496 e. The van der Waals surface area contributed by atoms with Crippen LogP contribution in [0.25, 0.3) is 10.9 Å². The fourth-order valence-corrected chi connectivity index (χ4v) is 13.2. The van der Waals surface area contributed by atoms with Crippen LogP contribution in [0.2, 0.25) is 0 Å². The Morgan fingerprint density at radius 2 is 1.75 bits per heavy atom. The number of nitrogens with zero attached hydrogens (tertiary/aromatic N) is 3. The first-order chi connectivity index (χ1) is 26.4. The van der Waals surface area contributed by atoms with Gasteiger partial charge in [0.1, 0.15) is 11.2 Å². The zero-order valence-corrected chi connectivity index (χ0v) is 33.1. The summed E-state index contributed by atoms with van der Waals surface area (Å²) in [5.74, 6) is -0.513. The van der Waals surface area contributed by atoms with Crippen LogP contribution < -0.4 is 9.64 Å². The zero-order chi connectivity index (χ0) is 38.7. The highest BCUT2D eigenvalue weighted by Gasteiger charge is 2.75. The first-order valence-corrected chi connectivity index (χ1v) is 20.2. The molecule has 11 nitrogen and oxygen atoms in total. The Hall–Kier alpha value is -3.90. The summed E-state index contributed by atoms with van der Waals surface area (Å²) in [7, 11) is 6.44. The molecule has 6 aliphatic rings. The average Bonchev–Trinajstić information content (AvgIpc) is 3.85. The fraction of sp³-hybridized carbons (Fsp3) is 0.591. The second-order valence-electron chi connectivity index (χ2n) is 17.6. The van der Waals surface area contributed by atoms with Gasteiger partial charge in [0.15, 0.2) is 5.60 Å².